The number of benzene rings is 2. The van der Waals surface area contributed by atoms with Crippen molar-refractivity contribution in [2.24, 2.45) is 0 Å². The Bertz CT molecular complexity index is 653. The molecule has 1 aliphatic rings. The highest BCUT2D eigenvalue weighted by atomic mass is 79.9. The summed E-state index contributed by atoms with van der Waals surface area (Å²) in [6, 6.07) is 14.8. The zero-order valence-corrected chi connectivity index (χ0v) is 12.8. The molecule has 0 spiro atoms. The van der Waals surface area contributed by atoms with Crippen LogP contribution >= 0.6 is 15.9 Å². The number of nitrogens with one attached hydrogen (secondary N) is 1. The first-order chi connectivity index (χ1) is 10.2. The van der Waals surface area contributed by atoms with E-state index >= 15 is 0 Å². The molecular weight excluding hydrogens is 334 g/mol. The Morgan fingerprint density at radius 2 is 1.86 bits per heavy atom. The van der Waals surface area contributed by atoms with Crippen molar-refractivity contribution in [3.8, 4) is 0 Å². The first kappa shape index (κ1) is 14.3. The number of anilines is 1. The molecule has 0 radical (unpaired) electrons. The van der Waals surface area contributed by atoms with Gasteiger partial charge in [0.1, 0.15) is 0 Å². The Morgan fingerprint density at radius 1 is 1.10 bits per heavy atom. The van der Waals surface area contributed by atoms with Crippen molar-refractivity contribution in [2.45, 2.75) is 6.29 Å². The first-order valence-corrected chi connectivity index (χ1v) is 7.42. The number of hydrogen-bond acceptors (Lipinski definition) is 3. The van der Waals surface area contributed by atoms with Crippen molar-refractivity contribution < 1.29 is 14.3 Å². The van der Waals surface area contributed by atoms with E-state index in [1.54, 1.807) is 12.1 Å². The lowest BCUT2D eigenvalue weighted by molar-refractivity contribution is -0.0440. The second-order valence-corrected chi connectivity index (χ2v) is 5.58. The van der Waals surface area contributed by atoms with Crippen LogP contribution in [0.2, 0.25) is 0 Å². The SMILES string of the molecule is O=C(Nc1cccc(C2OCCO2)c1)c1cccc(Br)c1. The molecule has 1 aliphatic heterocycles. The summed E-state index contributed by atoms with van der Waals surface area (Å²) in [5.74, 6) is -0.151. The van der Waals surface area contributed by atoms with Gasteiger partial charge in [0.2, 0.25) is 0 Å². The molecule has 2 aromatic carbocycles. The summed E-state index contributed by atoms with van der Waals surface area (Å²) in [4.78, 5) is 12.2. The summed E-state index contributed by atoms with van der Waals surface area (Å²) in [7, 11) is 0. The minimum Gasteiger partial charge on any atom is -0.346 e. The lowest BCUT2D eigenvalue weighted by Crippen LogP contribution is -2.12. The van der Waals surface area contributed by atoms with Gasteiger partial charge in [0, 0.05) is 21.3 Å². The number of carbonyl (C=O) groups excluding carboxylic acids is 1. The molecule has 1 saturated heterocycles. The van der Waals surface area contributed by atoms with E-state index in [0.717, 1.165) is 15.7 Å². The Morgan fingerprint density at radius 3 is 2.62 bits per heavy atom. The highest BCUT2D eigenvalue weighted by molar-refractivity contribution is 9.10. The number of halogens is 1. The normalized spacial score (nSPS) is 15.1. The molecule has 0 atom stereocenters. The Kier molecular flexibility index (Phi) is 4.34. The van der Waals surface area contributed by atoms with Crippen LogP contribution in [-0.2, 0) is 9.47 Å². The number of rotatable bonds is 3. The van der Waals surface area contributed by atoms with Crippen molar-refractivity contribution in [2.75, 3.05) is 18.5 Å². The van der Waals surface area contributed by atoms with Gasteiger partial charge in [-0.2, -0.15) is 0 Å². The molecule has 0 saturated carbocycles. The molecule has 0 bridgehead atoms. The van der Waals surface area contributed by atoms with Crippen molar-refractivity contribution >= 4 is 27.5 Å². The zero-order chi connectivity index (χ0) is 14.7. The van der Waals surface area contributed by atoms with Gasteiger partial charge in [0.05, 0.1) is 13.2 Å². The van der Waals surface area contributed by atoms with E-state index in [1.807, 2.05) is 36.4 Å². The molecule has 1 amide bonds. The van der Waals surface area contributed by atoms with Crippen molar-refractivity contribution in [1.29, 1.82) is 0 Å². The summed E-state index contributed by atoms with van der Waals surface area (Å²) in [5, 5.41) is 2.88. The predicted molar refractivity (Wildman–Crippen MR) is 83.2 cm³/mol. The van der Waals surface area contributed by atoms with E-state index in [0.29, 0.717) is 18.8 Å². The third-order valence-electron chi connectivity index (χ3n) is 3.13. The molecule has 0 unspecified atom stereocenters. The molecule has 1 fully saturated rings. The lowest BCUT2D eigenvalue weighted by atomic mass is 10.1. The molecule has 108 valence electrons. The van der Waals surface area contributed by atoms with Crippen LogP contribution in [0.3, 0.4) is 0 Å². The zero-order valence-electron chi connectivity index (χ0n) is 11.2. The Labute approximate surface area is 131 Å². The minimum absolute atomic E-state index is 0.151. The maximum Gasteiger partial charge on any atom is 0.255 e. The molecular formula is C16H14BrNO3. The third-order valence-corrected chi connectivity index (χ3v) is 3.62. The van der Waals surface area contributed by atoms with E-state index in [2.05, 4.69) is 21.2 Å². The lowest BCUT2D eigenvalue weighted by Gasteiger charge is -2.11. The largest absolute Gasteiger partial charge is 0.346 e. The van der Waals surface area contributed by atoms with E-state index in [-0.39, 0.29) is 12.2 Å². The Balaban J connectivity index is 1.75. The fourth-order valence-corrected chi connectivity index (χ4v) is 2.55. The molecule has 0 aliphatic carbocycles. The highest BCUT2D eigenvalue weighted by Crippen LogP contribution is 2.25. The molecule has 4 nitrogen and oxygen atoms in total. The molecule has 5 heteroatoms. The van der Waals surface area contributed by atoms with Gasteiger partial charge in [-0.1, -0.05) is 34.1 Å². The molecule has 21 heavy (non-hydrogen) atoms. The van der Waals surface area contributed by atoms with E-state index in [4.69, 9.17) is 9.47 Å². The van der Waals surface area contributed by atoms with Crippen LogP contribution < -0.4 is 5.32 Å². The monoisotopic (exact) mass is 347 g/mol. The van der Waals surface area contributed by atoms with Gasteiger partial charge < -0.3 is 14.8 Å². The van der Waals surface area contributed by atoms with Gasteiger partial charge in [-0.15, -0.1) is 0 Å². The molecule has 0 aromatic heterocycles. The van der Waals surface area contributed by atoms with Crippen LogP contribution in [0.15, 0.2) is 53.0 Å². The average molecular weight is 348 g/mol. The van der Waals surface area contributed by atoms with Gasteiger partial charge in [-0.25, -0.2) is 0 Å². The summed E-state index contributed by atoms with van der Waals surface area (Å²) in [6.45, 7) is 1.19. The van der Waals surface area contributed by atoms with Gasteiger partial charge in [-0.05, 0) is 30.3 Å². The first-order valence-electron chi connectivity index (χ1n) is 6.62. The average Bonchev–Trinajstić information content (AvgIpc) is 3.02. The summed E-state index contributed by atoms with van der Waals surface area (Å²) in [5.41, 5.74) is 2.22. The highest BCUT2D eigenvalue weighted by Gasteiger charge is 2.18. The number of carbonyl (C=O) groups is 1. The smallest absolute Gasteiger partial charge is 0.255 e. The summed E-state index contributed by atoms with van der Waals surface area (Å²) < 4.78 is 11.8. The van der Waals surface area contributed by atoms with Crippen molar-refractivity contribution in [3.05, 3.63) is 64.1 Å². The number of ether oxygens (including phenoxy) is 2. The quantitative estimate of drug-likeness (QED) is 0.919. The fourth-order valence-electron chi connectivity index (χ4n) is 2.15. The van der Waals surface area contributed by atoms with E-state index in [1.165, 1.54) is 0 Å². The molecule has 3 rings (SSSR count). The van der Waals surface area contributed by atoms with Crippen LogP contribution in [0, 0.1) is 0 Å². The van der Waals surface area contributed by atoms with E-state index < -0.39 is 0 Å². The minimum atomic E-state index is -0.340. The van der Waals surface area contributed by atoms with Crippen molar-refractivity contribution in [3.63, 3.8) is 0 Å². The predicted octanol–water partition coefficient (Wildman–Crippen LogP) is 3.75. The second-order valence-electron chi connectivity index (χ2n) is 4.66. The van der Waals surface area contributed by atoms with Crippen LogP contribution in [0.5, 0.6) is 0 Å². The van der Waals surface area contributed by atoms with Crippen LogP contribution in [0.25, 0.3) is 0 Å². The van der Waals surface area contributed by atoms with Crippen LogP contribution in [-0.4, -0.2) is 19.1 Å². The fraction of sp³-hybridized carbons (Fsp3) is 0.188. The van der Waals surface area contributed by atoms with Gasteiger partial charge in [-0.3, -0.25) is 4.79 Å². The number of hydrogen-bond donors (Lipinski definition) is 1. The van der Waals surface area contributed by atoms with Gasteiger partial charge in [0.15, 0.2) is 6.29 Å². The van der Waals surface area contributed by atoms with Crippen molar-refractivity contribution in [1.82, 2.24) is 0 Å². The van der Waals surface area contributed by atoms with Crippen LogP contribution in [0.4, 0.5) is 5.69 Å². The maximum atomic E-state index is 12.2. The molecule has 1 heterocycles. The molecule has 2 aromatic rings. The van der Waals surface area contributed by atoms with Gasteiger partial charge in [0.25, 0.3) is 5.91 Å². The topological polar surface area (TPSA) is 47.6 Å². The summed E-state index contributed by atoms with van der Waals surface area (Å²) in [6.07, 6.45) is -0.340. The van der Waals surface area contributed by atoms with Gasteiger partial charge >= 0.3 is 0 Å². The second kappa shape index (κ2) is 6.39. The summed E-state index contributed by atoms with van der Waals surface area (Å²) >= 11 is 3.36. The third kappa shape index (κ3) is 3.50. The Hall–Kier alpha value is -1.69. The number of amides is 1. The van der Waals surface area contributed by atoms with Crippen LogP contribution in [0.1, 0.15) is 22.2 Å². The molecule has 1 N–H and O–H groups in total. The maximum absolute atomic E-state index is 12.2. The standard InChI is InChI=1S/C16H14BrNO3/c17-13-5-1-3-11(9-13)15(19)18-14-6-2-4-12(10-14)16-20-7-8-21-16/h1-6,9-10,16H,7-8H2,(H,18,19). The van der Waals surface area contributed by atoms with E-state index in [9.17, 15) is 4.79 Å².